The average molecular weight is 360 g/mol. The van der Waals surface area contributed by atoms with Crippen LogP contribution in [0.2, 0.25) is 5.02 Å². The molecule has 0 saturated heterocycles. The fraction of sp³-hybridized carbons (Fsp3) is 0.125. The van der Waals surface area contributed by atoms with E-state index in [2.05, 4.69) is 15.5 Å². The molecule has 0 saturated carbocycles. The van der Waals surface area contributed by atoms with Crippen molar-refractivity contribution in [3.63, 3.8) is 0 Å². The van der Waals surface area contributed by atoms with Crippen LogP contribution in [0.5, 0.6) is 0 Å². The molecule has 0 aliphatic rings. The van der Waals surface area contributed by atoms with Crippen molar-refractivity contribution in [2.75, 3.05) is 5.32 Å². The maximum atomic E-state index is 12.2. The number of nitrogens with zero attached hydrogens (tertiary/aromatic N) is 4. The van der Waals surface area contributed by atoms with Gasteiger partial charge in [-0.3, -0.25) is 19.0 Å². The lowest BCUT2D eigenvalue weighted by Crippen LogP contribution is -2.11. The molecule has 1 amide bonds. The Morgan fingerprint density at radius 2 is 1.80 bits per heavy atom. The maximum Gasteiger partial charge on any atom is 0.325 e. The zero-order valence-electron chi connectivity index (χ0n) is 13.0. The standard InChI is InChI=1S/C16H14ClN5O3/c17-13-3-1-11(2-4-13)7-21-9-14(6-19-21)20-16(25)12-5-18-22(8-12)10-15(23)24/h1-6,8-9H,7,10H2,(H,20,25)(H,23,24). The summed E-state index contributed by atoms with van der Waals surface area (Å²) < 4.78 is 2.87. The van der Waals surface area contributed by atoms with Crippen molar-refractivity contribution in [1.82, 2.24) is 19.6 Å². The van der Waals surface area contributed by atoms with Crippen LogP contribution in [0, 0.1) is 0 Å². The first-order chi connectivity index (χ1) is 12.0. The third kappa shape index (κ3) is 4.45. The van der Waals surface area contributed by atoms with E-state index < -0.39 is 5.97 Å². The van der Waals surface area contributed by atoms with Crippen molar-refractivity contribution in [2.45, 2.75) is 13.1 Å². The average Bonchev–Trinajstić information content (AvgIpc) is 3.19. The summed E-state index contributed by atoms with van der Waals surface area (Å²) in [5.74, 6) is -1.42. The number of nitrogens with one attached hydrogen (secondary N) is 1. The second-order valence-electron chi connectivity index (χ2n) is 5.33. The number of carbonyl (C=O) groups is 2. The molecule has 2 aromatic heterocycles. The molecule has 0 atom stereocenters. The minimum atomic E-state index is -1.03. The van der Waals surface area contributed by atoms with Crippen LogP contribution in [0.4, 0.5) is 5.69 Å². The molecule has 0 radical (unpaired) electrons. The second-order valence-corrected chi connectivity index (χ2v) is 5.76. The van der Waals surface area contributed by atoms with E-state index in [9.17, 15) is 9.59 Å². The predicted molar refractivity (Wildman–Crippen MR) is 90.6 cm³/mol. The van der Waals surface area contributed by atoms with Crippen LogP contribution in [0.1, 0.15) is 15.9 Å². The maximum absolute atomic E-state index is 12.2. The minimum Gasteiger partial charge on any atom is -0.480 e. The highest BCUT2D eigenvalue weighted by atomic mass is 35.5. The molecule has 8 nitrogen and oxygen atoms in total. The van der Waals surface area contributed by atoms with Crippen LogP contribution in [0.3, 0.4) is 0 Å². The number of halogens is 1. The highest BCUT2D eigenvalue weighted by Gasteiger charge is 2.11. The first kappa shape index (κ1) is 16.7. The number of amides is 1. The number of carboxylic acid groups (broad SMARTS) is 1. The molecule has 0 aliphatic carbocycles. The van der Waals surface area contributed by atoms with Crippen molar-refractivity contribution < 1.29 is 14.7 Å². The van der Waals surface area contributed by atoms with Gasteiger partial charge in [0.05, 0.1) is 30.2 Å². The van der Waals surface area contributed by atoms with Gasteiger partial charge in [0.1, 0.15) is 6.54 Å². The number of hydrogen-bond acceptors (Lipinski definition) is 4. The summed E-state index contributed by atoms with van der Waals surface area (Å²) >= 11 is 5.85. The van der Waals surface area contributed by atoms with Crippen LogP contribution in [-0.2, 0) is 17.9 Å². The quantitative estimate of drug-likeness (QED) is 0.701. The zero-order chi connectivity index (χ0) is 17.8. The Morgan fingerprint density at radius 3 is 2.52 bits per heavy atom. The summed E-state index contributed by atoms with van der Waals surface area (Å²) in [6.07, 6.45) is 5.93. The van der Waals surface area contributed by atoms with Gasteiger partial charge in [0, 0.05) is 17.4 Å². The molecule has 0 unspecified atom stereocenters. The molecular formula is C16H14ClN5O3. The number of benzene rings is 1. The fourth-order valence-corrected chi connectivity index (χ4v) is 2.33. The number of aliphatic carboxylic acids is 1. The van der Waals surface area contributed by atoms with Gasteiger partial charge in [-0.2, -0.15) is 10.2 Å². The van der Waals surface area contributed by atoms with E-state index in [-0.39, 0.29) is 18.0 Å². The van der Waals surface area contributed by atoms with Crippen molar-refractivity contribution in [2.24, 2.45) is 0 Å². The third-order valence-electron chi connectivity index (χ3n) is 3.34. The van der Waals surface area contributed by atoms with Gasteiger partial charge in [-0.1, -0.05) is 23.7 Å². The van der Waals surface area contributed by atoms with Crippen molar-refractivity contribution in [1.29, 1.82) is 0 Å². The van der Waals surface area contributed by atoms with E-state index in [1.54, 1.807) is 23.0 Å². The SMILES string of the molecule is O=C(O)Cn1cc(C(=O)Nc2cnn(Cc3ccc(Cl)cc3)c2)cn1. The monoisotopic (exact) mass is 359 g/mol. The molecule has 0 bridgehead atoms. The Morgan fingerprint density at radius 1 is 1.08 bits per heavy atom. The summed E-state index contributed by atoms with van der Waals surface area (Å²) in [6.45, 7) is 0.246. The summed E-state index contributed by atoms with van der Waals surface area (Å²) in [4.78, 5) is 22.8. The Balaban J connectivity index is 1.62. The van der Waals surface area contributed by atoms with Crippen LogP contribution >= 0.6 is 11.6 Å². The normalized spacial score (nSPS) is 10.6. The summed E-state index contributed by atoms with van der Waals surface area (Å²) in [7, 11) is 0. The molecule has 0 aliphatic heterocycles. The smallest absolute Gasteiger partial charge is 0.325 e. The van der Waals surface area contributed by atoms with E-state index in [0.29, 0.717) is 17.3 Å². The van der Waals surface area contributed by atoms with Crippen molar-refractivity contribution in [3.05, 3.63) is 65.2 Å². The van der Waals surface area contributed by atoms with Crippen molar-refractivity contribution >= 4 is 29.2 Å². The summed E-state index contributed by atoms with van der Waals surface area (Å²) in [5.41, 5.74) is 1.83. The number of rotatable bonds is 6. The molecule has 128 valence electrons. The highest BCUT2D eigenvalue weighted by Crippen LogP contribution is 2.13. The fourth-order valence-electron chi connectivity index (χ4n) is 2.20. The first-order valence-electron chi connectivity index (χ1n) is 7.32. The van der Waals surface area contributed by atoms with Gasteiger partial charge >= 0.3 is 5.97 Å². The Labute approximate surface area is 147 Å². The van der Waals surface area contributed by atoms with E-state index >= 15 is 0 Å². The van der Waals surface area contributed by atoms with Crippen LogP contribution in [0.25, 0.3) is 0 Å². The lowest BCUT2D eigenvalue weighted by Gasteiger charge is -2.02. The molecular weight excluding hydrogens is 346 g/mol. The first-order valence-corrected chi connectivity index (χ1v) is 7.70. The lowest BCUT2D eigenvalue weighted by molar-refractivity contribution is -0.137. The van der Waals surface area contributed by atoms with Gasteiger partial charge in [-0.05, 0) is 17.7 Å². The molecule has 3 aromatic rings. The van der Waals surface area contributed by atoms with Gasteiger partial charge in [0.2, 0.25) is 0 Å². The Bertz CT molecular complexity index is 901. The van der Waals surface area contributed by atoms with Gasteiger partial charge in [0.25, 0.3) is 5.91 Å². The van der Waals surface area contributed by atoms with E-state index in [0.717, 1.165) is 5.56 Å². The number of carbonyl (C=O) groups excluding carboxylic acids is 1. The largest absolute Gasteiger partial charge is 0.480 e. The van der Waals surface area contributed by atoms with Crippen LogP contribution in [-0.4, -0.2) is 36.5 Å². The number of aromatic nitrogens is 4. The predicted octanol–water partition coefficient (Wildman–Crippen LogP) is 2.12. The number of carboxylic acids is 1. The molecule has 2 heterocycles. The molecule has 0 fully saturated rings. The Hall–Kier alpha value is -3.13. The molecule has 9 heteroatoms. The second kappa shape index (κ2) is 7.18. The molecule has 3 rings (SSSR count). The van der Waals surface area contributed by atoms with Gasteiger partial charge < -0.3 is 10.4 Å². The summed E-state index contributed by atoms with van der Waals surface area (Å²) in [5, 5.41) is 20.1. The molecule has 25 heavy (non-hydrogen) atoms. The molecule has 0 spiro atoms. The minimum absolute atomic E-state index is 0.270. The van der Waals surface area contributed by atoms with Gasteiger partial charge in [-0.25, -0.2) is 0 Å². The highest BCUT2D eigenvalue weighted by molar-refractivity contribution is 6.30. The van der Waals surface area contributed by atoms with Crippen LogP contribution in [0.15, 0.2) is 49.1 Å². The number of hydrogen-bond donors (Lipinski definition) is 2. The molecule has 2 N–H and O–H groups in total. The topological polar surface area (TPSA) is 102 Å². The van der Waals surface area contributed by atoms with Crippen molar-refractivity contribution in [3.8, 4) is 0 Å². The van der Waals surface area contributed by atoms with Crippen LogP contribution < -0.4 is 5.32 Å². The third-order valence-corrected chi connectivity index (χ3v) is 3.59. The van der Waals surface area contributed by atoms with Gasteiger partial charge in [-0.15, -0.1) is 0 Å². The van der Waals surface area contributed by atoms with E-state index in [1.165, 1.54) is 23.3 Å². The van der Waals surface area contributed by atoms with Gasteiger partial charge in [0.15, 0.2) is 0 Å². The summed E-state index contributed by atoms with van der Waals surface area (Å²) in [6, 6.07) is 7.41. The zero-order valence-corrected chi connectivity index (χ0v) is 13.7. The Kier molecular flexibility index (Phi) is 4.80. The lowest BCUT2D eigenvalue weighted by atomic mass is 10.2. The van der Waals surface area contributed by atoms with E-state index in [1.807, 2.05) is 12.1 Å². The molecule has 1 aromatic carbocycles. The number of anilines is 1. The van der Waals surface area contributed by atoms with E-state index in [4.69, 9.17) is 16.7 Å².